The van der Waals surface area contributed by atoms with Crippen molar-refractivity contribution in [1.82, 2.24) is 0 Å². The molecule has 0 N–H and O–H groups in total. The van der Waals surface area contributed by atoms with Gasteiger partial charge in [0.1, 0.15) is 0 Å². The highest BCUT2D eigenvalue weighted by molar-refractivity contribution is 7.81. The van der Waals surface area contributed by atoms with Gasteiger partial charge in [-0.1, -0.05) is 19.1 Å². The third-order valence-electron chi connectivity index (χ3n) is 2.76. The molecular formula is C10H18S. The Morgan fingerprint density at radius 2 is 1.91 bits per heavy atom. The summed E-state index contributed by atoms with van der Waals surface area (Å²) in [4.78, 5) is 0. The SMILES string of the molecule is C=C(C)[C@H]1CC[C@@](C)(S)CC1. The molecule has 0 spiro atoms. The van der Waals surface area contributed by atoms with Gasteiger partial charge in [0.15, 0.2) is 0 Å². The summed E-state index contributed by atoms with van der Waals surface area (Å²) in [6.07, 6.45) is 5.06. The van der Waals surface area contributed by atoms with Crippen LogP contribution in [0, 0.1) is 5.92 Å². The largest absolute Gasteiger partial charge is 0.173 e. The van der Waals surface area contributed by atoms with Crippen molar-refractivity contribution in [1.29, 1.82) is 0 Å². The highest BCUT2D eigenvalue weighted by Gasteiger charge is 2.27. The monoisotopic (exact) mass is 170 g/mol. The molecule has 0 atom stereocenters. The van der Waals surface area contributed by atoms with Crippen LogP contribution in [0.3, 0.4) is 0 Å². The third kappa shape index (κ3) is 2.55. The zero-order valence-corrected chi connectivity index (χ0v) is 8.45. The Morgan fingerprint density at radius 1 is 1.45 bits per heavy atom. The average molecular weight is 170 g/mol. The summed E-state index contributed by atoms with van der Waals surface area (Å²) in [6.45, 7) is 8.39. The second-order valence-electron chi connectivity index (χ2n) is 4.12. The molecule has 0 aliphatic heterocycles. The highest BCUT2D eigenvalue weighted by atomic mass is 32.1. The van der Waals surface area contributed by atoms with E-state index < -0.39 is 0 Å². The van der Waals surface area contributed by atoms with E-state index in [9.17, 15) is 0 Å². The first kappa shape index (κ1) is 9.18. The van der Waals surface area contributed by atoms with Gasteiger partial charge in [-0.15, -0.1) is 0 Å². The van der Waals surface area contributed by atoms with Crippen LogP contribution < -0.4 is 0 Å². The first-order chi connectivity index (χ1) is 5.01. The molecule has 0 saturated heterocycles. The molecule has 1 aliphatic carbocycles. The van der Waals surface area contributed by atoms with Crippen LogP contribution in [0.1, 0.15) is 39.5 Å². The predicted molar refractivity (Wildman–Crippen MR) is 54.2 cm³/mol. The molecule has 1 heteroatoms. The molecule has 0 radical (unpaired) electrons. The summed E-state index contributed by atoms with van der Waals surface area (Å²) in [5, 5.41) is 0. The third-order valence-corrected chi connectivity index (χ3v) is 3.21. The number of hydrogen-bond donors (Lipinski definition) is 1. The van der Waals surface area contributed by atoms with Gasteiger partial charge < -0.3 is 0 Å². The van der Waals surface area contributed by atoms with Crippen molar-refractivity contribution in [2.75, 3.05) is 0 Å². The molecule has 0 unspecified atom stereocenters. The molecule has 0 aromatic rings. The van der Waals surface area contributed by atoms with E-state index in [1.165, 1.54) is 31.3 Å². The van der Waals surface area contributed by atoms with Crippen LogP contribution in [0.25, 0.3) is 0 Å². The minimum atomic E-state index is 0.298. The van der Waals surface area contributed by atoms with Crippen LogP contribution in [0.2, 0.25) is 0 Å². The van der Waals surface area contributed by atoms with E-state index in [-0.39, 0.29) is 0 Å². The molecule has 0 aromatic heterocycles. The van der Waals surface area contributed by atoms with Gasteiger partial charge in [0.2, 0.25) is 0 Å². The molecule has 11 heavy (non-hydrogen) atoms. The molecule has 1 rings (SSSR count). The molecule has 0 nitrogen and oxygen atoms in total. The molecule has 0 bridgehead atoms. The minimum Gasteiger partial charge on any atom is -0.173 e. The highest BCUT2D eigenvalue weighted by Crippen LogP contribution is 2.38. The van der Waals surface area contributed by atoms with Crippen molar-refractivity contribution in [3.63, 3.8) is 0 Å². The Morgan fingerprint density at radius 3 is 2.27 bits per heavy atom. The van der Waals surface area contributed by atoms with Gasteiger partial charge in [-0.3, -0.25) is 0 Å². The van der Waals surface area contributed by atoms with Gasteiger partial charge in [-0.2, -0.15) is 12.6 Å². The van der Waals surface area contributed by atoms with Gasteiger partial charge >= 0.3 is 0 Å². The smallest absolute Gasteiger partial charge is 0.0102 e. The average Bonchev–Trinajstić information content (AvgIpc) is 1.86. The van der Waals surface area contributed by atoms with Crippen LogP contribution in [-0.4, -0.2) is 4.75 Å². The van der Waals surface area contributed by atoms with Crippen molar-refractivity contribution in [2.24, 2.45) is 5.92 Å². The van der Waals surface area contributed by atoms with Gasteiger partial charge in [0.25, 0.3) is 0 Å². The Labute approximate surface area is 75.5 Å². The van der Waals surface area contributed by atoms with Crippen molar-refractivity contribution < 1.29 is 0 Å². The lowest BCUT2D eigenvalue weighted by molar-refractivity contribution is 0.350. The Hall–Kier alpha value is 0.0900. The molecule has 64 valence electrons. The summed E-state index contributed by atoms with van der Waals surface area (Å²) in [5.41, 5.74) is 1.36. The number of thiol groups is 1. The van der Waals surface area contributed by atoms with E-state index in [0.717, 1.165) is 5.92 Å². The predicted octanol–water partition coefficient (Wildman–Crippen LogP) is 3.44. The van der Waals surface area contributed by atoms with Crippen LogP contribution in [0.15, 0.2) is 12.2 Å². The summed E-state index contributed by atoms with van der Waals surface area (Å²) >= 11 is 4.60. The lowest BCUT2D eigenvalue weighted by Gasteiger charge is -2.33. The fraction of sp³-hybridized carbons (Fsp3) is 0.800. The molecule has 1 aliphatic rings. The van der Waals surface area contributed by atoms with Crippen LogP contribution in [0.4, 0.5) is 0 Å². The van der Waals surface area contributed by atoms with Crippen molar-refractivity contribution in [3.05, 3.63) is 12.2 Å². The number of allylic oxidation sites excluding steroid dienone is 1. The van der Waals surface area contributed by atoms with Gasteiger partial charge in [-0.05, 0) is 38.5 Å². The van der Waals surface area contributed by atoms with Crippen LogP contribution in [-0.2, 0) is 0 Å². The fourth-order valence-corrected chi connectivity index (χ4v) is 1.99. The lowest BCUT2D eigenvalue weighted by Crippen LogP contribution is -2.25. The van der Waals surface area contributed by atoms with Crippen LogP contribution >= 0.6 is 12.6 Å². The quantitative estimate of drug-likeness (QED) is 0.452. The minimum absolute atomic E-state index is 0.298. The molecule has 0 heterocycles. The van der Waals surface area contributed by atoms with Crippen molar-refractivity contribution >= 4 is 12.6 Å². The van der Waals surface area contributed by atoms with E-state index in [1.54, 1.807) is 0 Å². The molecule has 0 aromatic carbocycles. The van der Waals surface area contributed by atoms with E-state index in [4.69, 9.17) is 0 Å². The number of hydrogen-bond acceptors (Lipinski definition) is 1. The standard InChI is InChI=1S/C10H18S/c1-8(2)9-4-6-10(3,11)7-5-9/h9,11H,1,4-7H2,2-3H3/t9-,10+. The van der Waals surface area contributed by atoms with Crippen molar-refractivity contribution in [2.45, 2.75) is 44.3 Å². The summed E-state index contributed by atoms with van der Waals surface area (Å²) < 4.78 is 0.298. The first-order valence-corrected chi connectivity index (χ1v) is 4.84. The summed E-state index contributed by atoms with van der Waals surface area (Å²) in [7, 11) is 0. The summed E-state index contributed by atoms with van der Waals surface area (Å²) in [5.74, 6) is 0.773. The van der Waals surface area contributed by atoms with E-state index in [0.29, 0.717) is 4.75 Å². The van der Waals surface area contributed by atoms with E-state index >= 15 is 0 Å². The number of rotatable bonds is 1. The second-order valence-corrected chi connectivity index (χ2v) is 5.20. The van der Waals surface area contributed by atoms with Gasteiger partial charge in [-0.25, -0.2) is 0 Å². The molecule has 1 saturated carbocycles. The van der Waals surface area contributed by atoms with Crippen LogP contribution in [0.5, 0.6) is 0 Å². The maximum Gasteiger partial charge on any atom is 0.0102 e. The van der Waals surface area contributed by atoms with E-state index in [2.05, 4.69) is 33.1 Å². The Bertz CT molecular complexity index is 148. The van der Waals surface area contributed by atoms with Crippen molar-refractivity contribution in [3.8, 4) is 0 Å². The lowest BCUT2D eigenvalue weighted by atomic mass is 9.79. The van der Waals surface area contributed by atoms with Gasteiger partial charge in [0, 0.05) is 4.75 Å². The fourth-order valence-electron chi connectivity index (χ4n) is 1.73. The zero-order chi connectivity index (χ0) is 8.48. The molecule has 1 fully saturated rings. The summed E-state index contributed by atoms with van der Waals surface area (Å²) in [6, 6.07) is 0. The zero-order valence-electron chi connectivity index (χ0n) is 7.56. The molecule has 0 amide bonds. The van der Waals surface area contributed by atoms with Gasteiger partial charge in [0.05, 0.1) is 0 Å². The maximum atomic E-state index is 4.60. The Balaban J connectivity index is 2.42. The topological polar surface area (TPSA) is 0 Å². The maximum absolute atomic E-state index is 4.60. The normalized spacial score (nSPS) is 38.6. The first-order valence-electron chi connectivity index (χ1n) is 4.39. The van der Waals surface area contributed by atoms with E-state index in [1.807, 2.05) is 0 Å². The second kappa shape index (κ2) is 3.22. The Kier molecular flexibility index (Phi) is 2.69. The molecular weight excluding hydrogens is 152 g/mol.